The van der Waals surface area contributed by atoms with Gasteiger partial charge in [0.15, 0.2) is 5.78 Å². The molecule has 2 N–H and O–H groups in total. The Morgan fingerprint density at radius 3 is 2.72 bits per heavy atom. The van der Waals surface area contributed by atoms with Crippen molar-refractivity contribution in [3.8, 4) is 0 Å². The summed E-state index contributed by atoms with van der Waals surface area (Å²) in [4.78, 5) is 26.3. The summed E-state index contributed by atoms with van der Waals surface area (Å²) in [5.41, 5.74) is 1.13. The summed E-state index contributed by atoms with van der Waals surface area (Å²) in [6.45, 7) is 9.06. The number of carbonyl (C=O) groups is 2. The molecule has 0 spiro atoms. The molecule has 1 unspecified atom stereocenters. The van der Waals surface area contributed by atoms with E-state index in [1.165, 1.54) is 11.3 Å². The molecular weight excluding hydrogens is 490 g/mol. The molecule has 4 aliphatic rings. The predicted molar refractivity (Wildman–Crippen MR) is 146 cm³/mol. The number of hydrogen-bond acceptors (Lipinski definition) is 4. The molecule has 5 rings (SSSR count). The predicted octanol–water partition coefficient (Wildman–Crippen LogP) is 6.89. The summed E-state index contributed by atoms with van der Waals surface area (Å²) in [7, 11) is 0. The minimum atomic E-state index is -0.390. The third kappa shape index (κ3) is 4.33. The number of ketones is 1. The second-order valence-corrected chi connectivity index (χ2v) is 14.1. The summed E-state index contributed by atoms with van der Waals surface area (Å²) in [6, 6.07) is 3.93. The molecule has 3 fully saturated rings. The van der Waals surface area contributed by atoms with Crippen molar-refractivity contribution in [1.82, 2.24) is 5.32 Å². The standard InChI is InChI=1S/C30H40ClNO3S/c1-5-23(25-8-9-26(31)36-25)32-27(35)14-17(2)20-6-7-21-28-22(11-13-30(20,21)4)29(3)12-10-19(33)15-18(29)16-24(28)34/h8-10,12,15,17,20-24,28,34H,5-7,11,13-14,16H2,1-4H3,(H,32,35)/t17-,20?,21+,22+,23-,24-,28+,29+,30-/m1/s1. The Morgan fingerprint density at radius 2 is 2.03 bits per heavy atom. The molecule has 0 aromatic carbocycles. The molecule has 0 bridgehead atoms. The fraction of sp³-hybridized carbons (Fsp3) is 0.667. The van der Waals surface area contributed by atoms with E-state index < -0.39 is 6.10 Å². The van der Waals surface area contributed by atoms with Crippen molar-refractivity contribution >= 4 is 34.6 Å². The molecule has 9 atom stereocenters. The van der Waals surface area contributed by atoms with Gasteiger partial charge < -0.3 is 10.4 Å². The van der Waals surface area contributed by atoms with Crippen LogP contribution in [0.15, 0.2) is 35.9 Å². The SMILES string of the molecule is CC[C@@H](NC(=O)C[C@@H](C)C1CC[C@H]2[C@@H]3[C@H](O)CC4=CC(=O)C=C[C@]4(C)[C@H]3CC[C@]12C)c1ccc(Cl)s1. The molecule has 36 heavy (non-hydrogen) atoms. The first-order chi connectivity index (χ1) is 17.1. The number of thiophene rings is 1. The highest BCUT2D eigenvalue weighted by atomic mass is 35.5. The van der Waals surface area contributed by atoms with Crippen molar-refractivity contribution in [1.29, 1.82) is 0 Å². The van der Waals surface area contributed by atoms with E-state index in [1.807, 2.05) is 12.1 Å². The van der Waals surface area contributed by atoms with Crippen LogP contribution < -0.4 is 5.32 Å². The molecule has 0 aliphatic heterocycles. The molecule has 1 aromatic rings. The number of aliphatic hydroxyl groups is 1. The summed E-state index contributed by atoms with van der Waals surface area (Å²) in [5.74, 6) is 2.03. The fourth-order valence-electron chi connectivity index (χ4n) is 8.72. The lowest BCUT2D eigenvalue weighted by atomic mass is 9.46. The first-order valence-electron chi connectivity index (χ1n) is 13.7. The molecule has 1 heterocycles. The number of rotatable bonds is 6. The molecular formula is C30H40ClNO3S. The smallest absolute Gasteiger partial charge is 0.220 e. The number of hydrogen-bond donors (Lipinski definition) is 2. The molecule has 4 nitrogen and oxygen atoms in total. The van der Waals surface area contributed by atoms with Crippen molar-refractivity contribution in [3.05, 3.63) is 45.1 Å². The number of halogens is 1. The van der Waals surface area contributed by atoms with Crippen molar-refractivity contribution < 1.29 is 14.7 Å². The number of fused-ring (bicyclic) bond motifs is 5. The van der Waals surface area contributed by atoms with Gasteiger partial charge in [0.1, 0.15) is 0 Å². The van der Waals surface area contributed by atoms with E-state index in [1.54, 1.807) is 12.2 Å². The number of carbonyl (C=O) groups excluding carboxylic acids is 2. The van der Waals surface area contributed by atoms with Crippen molar-refractivity contribution in [2.45, 2.75) is 84.8 Å². The van der Waals surface area contributed by atoms with Crippen LogP contribution in [-0.4, -0.2) is 22.9 Å². The third-order valence-electron chi connectivity index (χ3n) is 10.5. The second kappa shape index (κ2) is 9.71. The number of nitrogens with one attached hydrogen (secondary N) is 1. The van der Waals surface area contributed by atoms with E-state index in [-0.39, 0.29) is 34.5 Å². The molecule has 3 saturated carbocycles. The van der Waals surface area contributed by atoms with E-state index in [4.69, 9.17) is 11.6 Å². The van der Waals surface area contributed by atoms with Crippen molar-refractivity contribution in [2.75, 3.05) is 0 Å². The third-order valence-corrected chi connectivity index (χ3v) is 11.9. The van der Waals surface area contributed by atoms with Crippen LogP contribution >= 0.6 is 22.9 Å². The van der Waals surface area contributed by atoms with E-state index >= 15 is 0 Å². The largest absolute Gasteiger partial charge is 0.392 e. The summed E-state index contributed by atoms with van der Waals surface area (Å²) >= 11 is 7.67. The van der Waals surface area contributed by atoms with Gasteiger partial charge in [0.2, 0.25) is 5.91 Å². The van der Waals surface area contributed by atoms with E-state index in [2.05, 4.69) is 39.1 Å². The topological polar surface area (TPSA) is 66.4 Å². The minimum absolute atomic E-state index is 0.0142. The Morgan fingerprint density at radius 1 is 1.25 bits per heavy atom. The first-order valence-corrected chi connectivity index (χ1v) is 14.9. The molecule has 1 amide bonds. The maximum Gasteiger partial charge on any atom is 0.220 e. The molecule has 1 aromatic heterocycles. The van der Waals surface area contributed by atoms with Crippen molar-refractivity contribution in [3.63, 3.8) is 0 Å². The zero-order valence-electron chi connectivity index (χ0n) is 21.9. The molecule has 4 aliphatic carbocycles. The van der Waals surface area contributed by atoms with Gasteiger partial charge in [-0.05, 0) is 97.8 Å². The van der Waals surface area contributed by atoms with Gasteiger partial charge in [0, 0.05) is 16.7 Å². The Hall–Kier alpha value is -1.43. The van der Waals surface area contributed by atoms with Gasteiger partial charge in [-0.1, -0.05) is 50.9 Å². The number of allylic oxidation sites excluding steroid dienone is 3. The Kier molecular flexibility index (Phi) is 7.06. The normalized spacial score (nSPS) is 39.0. The van der Waals surface area contributed by atoms with Crippen LogP contribution in [0.3, 0.4) is 0 Å². The minimum Gasteiger partial charge on any atom is -0.392 e. The van der Waals surface area contributed by atoms with Gasteiger partial charge >= 0.3 is 0 Å². The van der Waals surface area contributed by atoms with Gasteiger partial charge in [0.05, 0.1) is 16.5 Å². The highest BCUT2D eigenvalue weighted by Crippen LogP contribution is 2.67. The second-order valence-electron chi connectivity index (χ2n) is 12.3. The Bertz CT molecular complexity index is 1090. The van der Waals surface area contributed by atoms with Crippen LogP contribution in [0.1, 0.15) is 83.6 Å². The van der Waals surface area contributed by atoms with E-state index in [9.17, 15) is 14.7 Å². The van der Waals surface area contributed by atoms with Crippen LogP contribution in [0.2, 0.25) is 4.34 Å². The quantitative estimate of drug-likeness (QED) is 0.421. The molecule has 196 valence electrons. The average molecular weight is 530 g/mol. The first kappa shape index (κ1) is 26.2. The lowest BCUT2D eigenvalue weighted by Gasteiger charge is -2.58. The van der Waals surface area contributed by atoms with Gasteiger partial charge in [0.25, 0.3) is 0 Å². The summed E-state index contributed by atoms with van der Waals surface area (Å²) in [6.07, 6.45) is 11.7. The van der Waals surface area contributed by atoms with Gasteiger partial charge in [-0.3, -0.25) is 9.59 Å². The average Bonchev–Trinajstić information content (AvgIpc) is 3.41. The maximum atomic E-state index is 13.1. The van der Waals surface area contributed by atoms with Gasteiger partial charge in [-0.15, -0.1) is 11.3 Å². The zero-order chi connectivity index (χ0) is 25.8. The van der Waals surface area contributed by atoms with Gasteiger partial charge in [-0.25, -0.2) is 0 Å². The lowest BCUT2D eigenvalue weighted by molar-refractivity contribution is -0.125. The Balaban J connectivity index is 1.29. The Labute approximate surface area is 224 Å². The van der Waals surface area contributed by atoms with Crippen LogP contribution in [0.4, 0.5) is 0 Å². The van der Waals surface area contributed by atoms with Crippen LogP contribution in [0, 0.1) is 40.4 Å². The van der Waals surface area contributed by atoms with Crippen LogP contribution in [-0.2, 0) is 9.59 Å². The van der Waals surface area contributed by atoms with Crippen LogP contribution in [0.5, 0.6) is 0 Å². The van der Waals surface area contributed by atoms with Gasteiger partial charge in [-0.2, -0.15) is 0 Å². The van der Waals surface area contributed by atoms with E-state index in [0.717, 1.165) is 46.9 Å². The number of aliphatic hydroxyl groups excluding tert-OH is 1. The maximum absolute atomic E-state index is 13.1. The summed E-state index contributed by atoms with van der Waals surface area (Å²) in [5, 5.41) is 14.6. The molecule has 0 radical (unpaired) electrons. The molecule has 6 heteroatoms. The van der Waals surface area contributed by atoms with Crippen LogP contribution in [0.25, 0.3) is 0 Å². The zero-order valence-corrected chi connectivity index (χ0v) is 23.5. The summed E-state index contributed by atoms with van der Waals surface area (Å²) < 4.78 is 0.753. The highest BCUT2D eigenvalue weighted by Gasteiger charge is 2.61. The van der Waals surface area contributed by atoms with E-state index in [0.29, 0.717) is 36.5 Å². The highest BCUT2D eigenvalue weighted by molar-refractivity contribution is 7.16. The lowest BCUT2D eigenvalue weighted by Crippen LogP contribution is -2.55. The number of amides is 1. The molecule has 0 saturated heterocycles. The van der Waals surface area contributed by atoms with Crippen molar-refractivity contribution in [2.24, 2.45) is 40.4 Å². The fourth-order valence-corrected chi connectivity index (χ4v) is 9.92. The monoisotopic (exact) mass is 529 g/mol.